The quantitative estimate of drug-likeness (QED) is 0.435. The topological polar surface area (TPSA) is 78.9 Å². The summed E-state index contributed by atoms with van der Waals surface area (Å²) in [6.45, 7) is 9.96. The van der Waals surface area contributed by atoms with Crippen LogP contribution in [-0.2, 0) is 28.6 Å². The van der Waals surface area contributed by atoms with Gasteiger partial charge in [0, 0.05) is 17.1 Å². The Bertz CT molecular complexity index is 465. The Morgan fingerprint density at radius 3 is 2.67 bits per heavy atom. The van der Waals surface area contributed by atoms with Gasteiger partial charge in [0.2, 0.25) is 0 Å². The van der Waals surface area contributed by atoms with Crippen molar-refractivity contribution in [1.29, 1.82) is 0 Å². The van der Waals surface area contributed by atoms with Crippen molar-refractivity contribution in [2.24, 2.45) is 5.92 Å². The van der Waals surface area contributed by atoms with E-state index in [1.54, 1.807) is 0 Å². The average Bonchev–Trinajstić information content (AvgIpc) is 2.57. The maximum atomic E-state index is 11.7. The molecule has 116 valence electrons. The minimum Gasteiger partial charge on any atom is -0.458 e. The standard InChI is InChI=1S/C15H20O6/c1-5-11-6-10(4)15(18)19-7-12(11)21-13(16)8-20-14(17)9(2)3/h11-12H,2,4-8H2,1,3H3. The molecule has 0 aromatic heterocycles. The second-order valence-corrected chi connectivity index (χ2v) is 4.96. The molecule has 1 saturated heterocycles. The van der Waals surface area contributed by atoms with Gasteiger partial charge in [0.15, 0.2) is 6.61 Å². The van der Waals surface area contributed by atoms with Crippen LogP contribution in [0.5, 0.6) is 0 Å². The van der Waals surface area contributed by atoms with E-state index in [2.05, 4.69) is 13.2 Å². The molecule has 0 spiro atoms. The number of hydrogen-bond donors (Lipinski definition) is 0. The van der Waals surface area contributed by atoms with E-state index < -0.39 is 30.6 Å². The number of rotatable bonds is 5. The normalized spacial score (nSPS) is 22.0. The third-order valence-electron chi connectivity index (χ3n) is 3.18. The minimum atomic E-state index is -0.684. The van der Waals surface area contributed by atoms with Gasteiger partial charge in [0.1, 0.15) is 12.7 Å². The lowest BCUT2D eigenvalue weighted by molar-refractivity contribution is -0.166. The summed E-state index contributed by atoms with van der Waals surface area (Å²) < 4.78 is 14.9. The molecule has 0 aliphatic carbocycles. The van der Waals surface area contributed by atoms with Crippen molar-refractivity contribution in [1.82, 2.24) is 0 Å². The van der Waals surface area contributed by atoms with E-state index in [-0.39, 0.29) is 18.1 Å². The predicted octanol–water partition coefficient (Wildman–Crippen LogP) is 1.55. The molecule has 0 aromatic carbocycles. The molecule has 6 nitrogen and oxygen atoms in total. The van der Waals surface area contributed by atoms with Gasteiger partial charge < -0.3 is 14.2 Å². The van der Waals surface area contributed by atoms with Gasteiger partial charge in [0.05, 0.1) is 0 Å². The first-order chi connectivity index (χ1) is 9.85. The molecule has 2 unspecified atom stereocenters. The number of ether oxygens (including phenoxy) is 3. The van der Waals surface area contributed by atoms with E-state index >= 15 is 0 Å². The molecule has 1 rings (SSSR count). The molecule has 1 aliphatic rings. The van der Waals surface area contributed by atoms with Gasteiger partial charge in [-0.15, -0.1) is 0 Å². The smallest absolute Gasteiger partial charge is 0.344 e. The molecule has 1 heterocycles. The van der Waals surface area contributed by atoms with Crippen molar-refractivity contribution < 1.29 is 28.6 Å². The molecule has 0 bridgehead atoms. The van der Waals surface area contributed by atoms with Gasteiger partial charge in [-0.2, -0.15) is 0 Å². The first-order valence-electron chi connectivity index (χ1n) is 6.72. The fraction of sp³-hybridized carbons (Fsp3) is 0.533. The molecule has 6 heteroatoms. The fourth-order valence-corrected chi connectivity index (χ4v) is 1.92. The highest BCUT2D eigenvalue weighted by molar-refractivity contribution is 5.89. The summed E-state index contributed by atoms with van der Waals surface area (Å²) in [5.74, 6) is -1.86. The van der Waals surface area contributed by atoms with E-state index in [1.165, 1.54) is 6.92 Å². The van der Waals surface area contributed by atoms with Crippen LogP contribution in [-0.4, -0.2) is 37.2 Å². The van der Waals surface area contributed by atoms with Crippen LogP contribution in [0.2, 0.25) is 0 Å². The molecule has 0 radical (unpaired) electrons. The Morgan fingerprint density at radius 1 is 1.43 bits per heavy atom. The monoisotopic (exact) mass is 296 g/mol. The highest BCUT2D eigenvalue weighted by Gasteiger charge is 2.31. The molecule has 0 aromatic rings. The van der Waals surface area contributed by atoms with Gasteiger partial charge in [-0.1, -0.05) is 20.1 Å². The summed E-state index contributed by atoms with van der Waals surface area (Å²) in [5.41, 5.74) is 0.572. The van der Waals surface area contributed by atoms with Crippen molar-refractivity contribution in [3.8, 4) is 0 Å². The van der Waals surface area contributed by atoms with E-state index in [0.29, 0.717) is 18.4 Å². The Morgan fingerprint density at radius 2 is 2.10 bits per heavy atom. The molecule has 21 heavy (non-hydrogen) atoms. The second kappa shape index (κ2) is 7.61. The summed E-state index contributed by atoms with van der Waals surface area (Å²) in [7, 11) is 0. The van der Waals surface area contributed by atoms with E-state index in [1.807, 2.05) is 6.92 Å². The fourth-order valence-electron chi connectivity index (χ4n) is 1.92. The van der Waals surface area contributed by atoms with Crippen LogP contribution >= 0.6 is 0 Å². The third kappa shape index (κ3) is 5.06. The molecule has 0 saturated carbocycles. The maximum Gasteiger partial charge on any atom is 0.344 e. The molecule has 0 N–H and O–H groups in total. The number of carbonyl (C=O) groups is 3. The van der Waals surface area contributed by atoms with Crippen molar-refractivity contribution in [3.05, 3.63) is 24.3 Å². The van der Waals surface area contributed by atoms with Crippen LogP contribution < -0.4 is 0 Å². The third-order valence-corrected chi connectivity index (χ3v) is 3.18. The molecule has 0 amide bonds. The highest BCUT2D eigenvalue weighted by Crippen LogP contribution is 2.25. The van der Waals surface area contributed by atoms with Gasteiger partial charge in [-0.3, -0.25) is 0 Å². The van der Waals surface area contributed by atoms with E-state index in [0.717, 1.165) is 0 Å². The summed E-state index contributed by atoms with van der Waals surface area (Å²) in [6, 6.07) is 0. The minimum absolute atomic E-state index is 0.0173. The number of esters is 3. The molecule has 1 fully saturated rings. The Kier molecular flexibility index (Phi) is 6.14. The first kappa shape index (κ1) is 16.9. The van der Waals surface area contributed by atoms with Gasteiger partial charge in [-0.25, -0.2) is 14.4 Å². The number of cyclic esters (lactones) is 1. The van der Waals surface area contributed by atoms with Crippen LogP contribution in [0.15, 0.2) is 24.3 Å². The van der Waals surface area contributed by atoms with Crippen molar-refractivity contribution >= 4 is 17.9 Å². The maximum absolute atomic E-state index is 11.7. The zero-order valence-corrected chi connectivity index (χ0v) is 12.3. The average molecular weight is 296 g/mol. The van der Waals surface area contributed by atoms with Crippen LogP contribution in [0.3, 0.4) is 0 Å². The van der Waals surface area contributed by atoms with Crippen LogP contribution in [0.25, 0.3) is 0 Å². The Labute approximate surface area is 123 Å². The van der Waals surface area contributed by atoms with Crippen molar-refractivity contribution in [2.75, 3.05) is 13.2 Å². The Balaban J connectivity index is 2.56. The zero-order valence-electron chi connectivity index (χ0n) is 12.3. The first-order valence-corrected chi connectivity index (χ1v) is 6.72. The lowest BCUT2D eigenvalue weighted by Crippen LogP contribution is -2.31. The van der Waals surface area contributed by atoms with Gasteiger partial charge in [0.25, 0.3) is 0 Å². The molecule has 1 aliphatic heterocycles. The lowest BCUT2D eigenvalue weighted by atomic mass is 9.93. The lowest BCUT2D eigenvalue weighted by Gasteiger charge is -2.22. The summed E-state index contributed by atoms with van der Waals surface area (Å²) in [4.78, 5) is 34.3. The molecular weight excluding hydrogens is 276 g/mol. The Hall–Kier alpha value is -2.11. The van der Waals surface area contributed by atoms with Gasteiger partial charge in [-0.05, 0) is 19.8 Å². The molecule has 2 atom stereocenters. The van der Waals surface area contributed by atoms with Crippen LogP contribution in [0.4, 0.5) is 0 Å². The summed E-state index contributed by atoms with van der Waals surface area (Å²) in [6.07, 6.45) is 0.562. The summed E-state index contributed by atoms with van der Waals surface area (Å²) >= 11 is 0. The van der Waals surface area contributed by atoms with Crippen molar-refractivity contribution in [2.45, 2.75) is 32.8 Å². The summed E-state index contributed by atoms with van der Waals surface area (Å²) in [5, 5.41) is 0. The SMILES string of the molecule is C=C(C)C(=O)OCC(=O)OC1COC(=O)C(=C)CC1CC. The highest BCUT2D eigenvalue weighted by atomic mass is 16.6. The van der Waals surface area contributed by atoms with Crippen LogP contribution in [0.1, 0.15) is 26.7 Å². The second-order valence-electron chi connectivity index (χ2n) is 4.96. The zero-order chi connectivity index (χ0) is 16.0. The number of carbonyl (C=O) groups excluding carboxylic acids is 3. The largest absolute Gasteiger partial charge is 0.458 e. The number of hydrogen-bond acceptors (Lipinski definition) is 6. The van der Waals surface area contributed by atoms with E-state index in [9.17, 15) is 14.4 Å². The van der Waals surface area contributed by atoms with Crippen molar-refractivity contribution in [3.63, 3.8) is 0 Å². The molecular formula is C15H20O6. The predicted molar refractivity (Wildman–Crippen MR) is 74.2 cm³/mol. The van der Waals surface area contributed by atoms with Gasteiger partial charge >= 0.3 is 17.9 Å². The van der Waals surface area contributed by atoms with Crippen LogP contribution in [0, 0.1) is 5.92 Å². The van der Waals surface area contributed by atoms with E-state index in [4.69, 9.17) is 14.2 Å².